The Kier molecular flexibility index (Phi) is 5.67. The average molecular weight is 268 g/mol. The van der Waals surface area contributed by atoms with Crippen molar-refractivity contribution in [3.05, 3.63) is 0 Å². The molecular formula is C16H32N2O. The second kappa shape index (κ2) is 7.05. The molecule has 112 valence electrons. The highest BCUT2D eigenvalue weighted by atomic mass is 16.5. The van der Waals surface area contributed by atoms with Gasteiger partial charge in [0.2, 0.25) is 0 Å². The topological polar surface area (TPSA) is 24.5 Å². The molecular weight excluding hydrogens is 236 g/mol. The summed E-state index contributed by atoms with van der Waals surface area (Å²) in [6, 6.07) is 0.602. The molecule has 2 rings (SSSR count). The minimum atomic E-state index is 0.463. The Morgan fingerprint density at radius 1 is 1.32 bits per heavy atom. The lowest BCUT2D eigenvalue weighted by molar-refractivity contribution is -0.0421. The van der Waals surface area contributed by atoms with Crippen molar-refractivity contribution in [2.24, 2.45) is 5.41 Å². The quantitative estimate of drug-likeness (QED) is 0.801. The third-order valence-corrected chi connectivity index (χ3v) is 4.79. The van der Waals surface area contributed by atoms with Gasteiger partial charge in [0.15, 0.2) is 0 Å². The number of morpholine rings is 1. The zero-order chi connectivity index (χ0) is 13.7. The van der Waals surface area contributed by atoms with E-state index in [9.17, 15) is 0 Å². The lowest BCUT2D eigenvalue weighted by Crippen LogP contribution is -2.49. The van der Waals surface area contributed by atoms with Crippen LogP contribution < -0.4 is 5.32 Å². The van der Waals surface area contributed by atoms with Gasteiger partial charge < -0.3 is 10.1 Å². The summed E-state index contributed by atoms with van der Waals surface area (Å²) in [7, 11) is 0. The highest BCUT2D eigenvalue weighted by molar-refractivity contribution is 4.91. The van der Waals surface area contributed by atoms with Gasteiger partial charge in [-0.1, -0.05) is 33.6 Å². The maximum absolute atomic E-state index is 5.80. The molecule has 0 bridgehead atoms. The van der Waals surface area contributed by atoms with E-state index in [1.54, 1.807) is 0 Å². The molecule has 0 aromatic heterocycles. The summed E-state index contributed by atoms with van der Waals surface area (Å²) in [6.07, 6.45) is 7.25. The van der Waals surface area contributed by atoms with E-state index in [1.165, 1.54) is 38.8 Å². The van der Waals surface area contributed by atoms with Crippen molar-refractivity contribution in [2.45, 2.75) is 65.0 Å². The molecule has 1 saturated heterocycles. The summed E-state index contributed by atoms with van der Waals surface area (Å²) in [6.45, 7) is 12.4. The van der Waals surface area contributed by atoms with Crippen LogP contribution in [0.4, 0.5) is 0 Å². The van der Waals surface area contributed by atoms with Gasteiger partial charge in [0.05, 0.1) is 12.7 Å². The molecule has 0 spiro atoms. The first-order valence-electron chi connectivity index (χ1n) is 8.21. The second-order valence-electron chi connectivity index (χ2n) is 6.88. The fraction of sp³-hybridized carbons (Fsp3) is 1.00. The number of rotatable bonds is 6. The number of hydrogen-bond donors (Lipinski definition) is 1. The maximum atomic E-state index is 5.80. The van der Waals surface area contributed by atoms with E-state index in [1.807, 2.05) is 0 Å². The molecule has 0 amide bonds. The van der Waals surface area contributed by atoms with Gasteiger partial charge in [0.25, 0.3) is 0 Å². The molecule has 1 N–H and O–H groups in total. The first-order chi connectivity index (χ1) is 9.13. The van der Waals surface area contributed by atoms with Gasteiger partial charge >= 0.3 is 0 Å². The van der Waals surface area contributed by atoms with Crippen molar-refractivity contribution < 1.29 is 4.74 Å². The molecule has 2 aliphatic rings. The monoisotopic (exact) mass is 268 g/mol. The number of nitrogens with one attached hydrogen (secondary N) is 1. The minimum Gasteiger partial charge on any atom is -0.376 e. The first-order valence-corrected chi connectivity index (χ1v) is 8.21. The van der Waals surface area contributed by atoms with Crippen molar-refractivity contribution in [1.82, 2.24) is 10.2 Å². The second-order valence-corrected chi connectivity index (χ2v) is 6.88. The van der Waals surface area contributed by atoms with Crippen LogP contribution in [0.5, 0.6) is 0 Å². The van der Waals surface area contributed by atoms with Gasteiger partial charge in [-0.05, 0) is 24.7 Å². The van der Waals surface area contributed by atoms with Crippen LogP contribution in [0.1, 0.15) is 52.9 Å². The Hall–Kier alpha value is -0.120. The Morgan fingerprint density at radius 3 is 2.68 bits per heavy atom. The van der Waals surface area contributed by atoms with Gasteiger partial charge in [-0.2, -0.15) is 0 Å². The van der Waals surface area contributed by atoms with Gasteiger partial charge in [-0.25, -0.2) is 0 Å². The Bertz CT molecular complexity index is 261. The maximum Gasteiger partial charge on any atom is 0.0700 e. The zero-order valence-corrected chi connectivity index (χ0v) is 13.1. The highest BCUT2D eigenvalue weighted by Gasteiger charge is 2.36. The molecule has 1 heterocycles. The van der Waals surface area contributed by atoms with Crippen molar-refractivity contribution in [2.75, 3.05) is 32.8 Å². The van der Waals surface area contributed by atoms with Crippen LogP contribution >= 0.6 is 0 Å². The van der Waals surface area contributed by atoms with Crippen LogP contribution in [0.25, 0.3) is 0 Å². The summed E-state index contributed by atoms with van der Waals surface area (Å²) in [5.74, 6) is 0. The molecule has 0 aromatic rings. The number of ether oxygens (including phenoxy) is 1. The summed E-state index contributed by atoms with van der Waals surface area (Å²) < 4.78 is 5.80. The first kappa shape index (κ1) is 15.3. The molecule has 1 saturated carbocycles. The van der Waals surface area contributed by atoms with Gasteiger partial charge in [-0.3, -0.25) is 4.90 Å². The van der Waals surface area contributed by atoms with E-state index >= 15 is 0 Å². The molecule has 2 fully saturated rings. The minimum absolute atomic E-state index is 0.463. The van der Waals surface area contributed by atoms with E-state index in [2.05, 4.69) is 31.0 Å². The van der Waals surface area contributed by atoms with Crippen molar-refractivity contribution >= 4 is 0 Å². The zero-order valence-electron chi connectivity index (χ0n) is 13.1. The number of nitrogens with zero attached hydrogens (tertiary/aromatic N) is 1. The van der Waals surface area contributed by atoms with Gasteiger partial charge in [0.1, 0.15) is 0 Å². The van der Waals surface area contributed by atoms with Gasteiger partial charge in [0, 0.05) is 32.2 Å². The molecule has 0 aromatic carbocycles. The lowest BCUT2D eigenvalue weighted by atomic mass is 9.85. The van der Waals surface area contributed by atoms with Crippen molar-refractivity contribution in [1.29, 1.82) is 0 Å². The lowest BCUT2D eigenvalue weighted by Gasteiger charge is -2.40. The standard InChI is InChI=1S/C16H32N2O/c1-4-15-11-18(9-10-19-15)13-16(7-5-6-8-16)12-17-14(2)3/h14-15,17H,4-13H2,1-3H3. The predicted molar refractivity (Wildman–Crippen MR) is 80.5 cm³/mol. The summed E-state index contributed by atoms with van der Waals surface area (Å²) in [4.78, 5) is 2.66. The van der Waals surface area contributed by atoms with Crippen LogP contribution in [0.3, 0.4) is 0 Å². The molecule has 1 atom stereocenters. The normalized spacial score (nSPS) is 28.1. The van der Waals surface area contributed by atoms with E-state index in [4.69, 9.17) is 4.74 Å². The molecule has 19 heavy (non-hydrogen) atoms. The van der Waals surface area contributed by atoms with E-state index in [0.29, 0.717) is 17.6 Å². The predicted octanol–water partition coefficient (Wildman–Crippen LogP) is 2.66. The Morgan fingerprint density at radius 2 is 2.05 bits per heavy atom. The smallest absolute Gasteiger partial charge is 0.0700 e. The average Bonchev–Trinajstić information content (AvgIpc) is 2.86. The summed E-state index contributed by atoms with van der Waals surface area (Å²) >= 11 is 0. The Balaban J connectivity index is 1.88. The van der Waals surface area contributed by atoms with E-state index in [0.717, 1.165) is 26.1 Å². The molecule has 1 aliphatic heterocycles. The van der Waals surface area contributed by atoms with Crippen molar-refractivity contribution in [3.8, 4) is 0 Å². The summed E-state index contributed by atoms with van der Waals surface area (Å²) in [5.41, 5.74) is 0.528. The van der Waals surface area contributed by atoms with Crippen LogP contribution in [0.15, 0.2) is 0 Å². The molecule has 1 unspecified atom stereocenters. The third-order valence-electron chi connectivity index (χ3n) is 4.79. The fourth-order valence-corrected chi connectivity index (χ4v) is 3.58. The molecule has 3 nitrogen and oxygen atoms in total. The van der Waals surface area contributed by atoms with E-state index in [-0.39, 0.29) is 0 Å². The van der Waals surface area contributed by atoms with Crippen LogP contribution in [0.2, 0.25) is 0 Å². The largest absolute Gasteiger partial charge is 0.376 e. The third kappa shape index (κ3) is 4.44. The Labute approximate surface area is 119 Å². The fourth-order valence-electron chi connectivity index (χ4n) is 3.58. The summed E-state index contributed by atoms with van der Waals surface area (Å²) in [5, 5.41) is 3.69. The van der Waals surface area contributed by atoms with Crippen LogP contribution in [-0.2, 0) is 4.74 Å². The highest BCUT2D eigenvalue weighted by Crippen LogP contribution is 2.38. The molecule has 0 radical (unpaired) electrons. The SMILES string of the molecule is CCC1CN(CC2(CNC(C)C)CCCC2)CCO1. The van der Waals surface area contributed by atoms with Crippen molar-refractivity contribution in [3.63, 3.8) is 0 Å². The van der Waals surface area contributed by atoms with Crippen LogP contribution in [0, 0.1) is 5.41 Å². The van der Waals surface area contributed by atoms with Gasteiger partial charge in [-0.15, -0.1) is 0 Å². The molecule has 3 heteroatoms. The number of hydrogen-bond acceptors (Lipinski definition) is 3. The van der Waals surface area contributed by atoms with E-state index < -0.39 is 0 Å². The molecule has 1 aliphatic carbocycles. The van der Waals surface area contributed by atoms with Crippen LogP contribution in [-0.4, -0.2) is 49.8 Å².